The molecule has 10 heteroatoms. The Labute approximate surface area is 189 Å². The summed E-state index contributed by atoms with van der Waals surface area (Å²) in [7, 11) is 2.60. The molecule has 160 valence electrons. The van der Waals surface area contributed by atoms with E-state index in [2.05, 4.69) is 10.3 Å². The molecule has 0 spiro atoms. The third-order valence-electron chi connectivity index (χ3n) is 4.07. The smallest absolute Gasteiger partial charge is 0.242 e. The van der Waals surface area contributed by atoms with Crippen molar-refractivity contribution < 1.29 is 17.9 Å². The van der Waals surface area contributed by atoms with Gasteiger partial charge in [-0.2, -0.15) is 0 Å². The largest absolute Gasteiger partial charge is 0.493 e. The lowest BCUT2D eigenvalue weighted by Crippen LogP contribution is -2.32. The monoisotopic (exact) mass is 534 g/mol. The Morgan fingerprint density at radius 2 is 1.76 bits per heavy atom. The van der Waals surface area contributed by atoms with Crippen LogP contribution in [-0.2, 0) is 23.1 Å². The molecule has 0 atom stereocenters. The Bertz CT molecular complexity index is 949. The Balaban J connectivity index is 0.00000420. The van der Waals surface area contributed by atoms with Crippen LogP contribution in [0, 0.1) is 0 Å². The summed E-state index contributed by atoms with van der Waals surface area (Å²) in [6, 6.07) is 12.3. The zero-order valence-electron chi connectivity index (χ0n) is 16.9. The number of nitrogens with two attached hydrogens (primary N) is 1. The van der Waals surface area contributed by atoms with E-state index in [-0.39, 0.29) is 41.4 Å². The maximum Gasteiger partial charge on any atom is 0.242 e. The molecule has 0 aliphatic heterocycles. The number of hydrogen-bond donors (Lipinski definition) is 2. The maximum absolute atomic E-state index is 12.4. The van der Waals surface area contributed by atoms with Gasteiger partial charge in [-0.1, -0.05) is 24.3 Å². The first-order valence-electron chi connectivity index (χ1n) is 8.54. The van der Waals surface area contributed by atoms with Crippen molar-refractivity contribution in [2.24, 2.45) is 10.7 Å². The molecule has 3 N–H and O–H groups in total. The number of nitrogens with one attached hydrogen (secondary N) is 1. The van der Waals surface area contributed by atoms with Crippen LogP contribution in [-0.4, -0.2) is 47.0 Å². The quantitative estimate of drug-likeness (QED) is 0.306. The van der Waals surface area contributed by atoms with Crippen molar-refractivity contribution in [3.8, 4) is 11.5 Å². The average molecular weight is 534 g/mol. The SMILES string of the molecule is COc1ccc(CN=C(N)NCc2ccccc2S(=O)(=O)N(C)C)cc1OC.I. The van der Waals surface area contributed by atoms with E-state index >= 15 is 0 Å². The van der Waals surface area contributed by atoms with Crippen LogP contribution in [0.25, 0.3) is 0 Å². The van der Waals surface area contributed by atoms with Crippen LogP contribution in [0.5, 0.6) is 11.5 Å². The number of guanidine groups is 1. The molecule has 2 rings (SSSR count). The minimum atomic E-state index is -3.54. The molecule has 0 amide bonds. The molecule has 0 saturated heterocycles. The van der Waals surface area contributed by atoms with Gasteiger partial charge in [0.2, 0.25) is 10.0 Å². The van der Waals surface area contributed by atoms with Gasteiger partial charge in [-0.15, -0.1) is 24.0 Å². The number of aliphatic imine (C=N–C) groups is 1. The van der Waals surface area contributed by atoms with Crippen molar-refractivity contribution in [1.29, 1.82) is 0 Å². The summed E-state index contributed by atoms with van der Waals surface area (Å²) in [4.78, 5) is 4.53. The van der Waals surface area contributed by atoms with Crippen molar-refractivity contribution in [3.05, 3.63) is 53.6 Å². The van der Waals surface area contributed by atoms with Gasteiger partial charge in [0.15, 0.2) is 17.5 Å². The fraction of sp³-hybridized carbons (Fsp3) is 0.316. The fourth-order valence-electron chi connectivity index (χ4n) is 2.50. The molecular weight excluding hydrogens is 507 g/mol. The number of hydrogen-bond acceptors (Lipinski definition) is 5. The van der Waals surface area contributed by atoms with E-state index in [1.807, 2.05) is 12.1 Å². The normalized spacial score (nSPS) is 11.7. The van der Waals surface area contributed by atoms with E-state index < -0.39 is 10.0 Å². The second kappa shape index (κ2) is 11.2. The van der Waals surface area contributed by atoms with Gasteiger partial charge in [-0.05, 0) is 29.3 Å². The first-order chi connectivity index (χ1) is 13.3. The van der Waals surface area contributed by atoms with Gasteiger partial charge in [0.1, 0.15) is 0 Å². The number of nitrogens with zero attached hydrogens (tertiary/aromatic N) is 2. The highest BCUT2D eigenvalue weighted by Gasteiger charge is 2.20. The summed E-state index contributed by atoms with van der Waals surface area (Å²) in [6.45, 7) is 0.585. The molecule has 0 heterocycles. The summed E-state index contributed by atoms with van der Waals surface area (Å²) in [5, 5.41) is 2.96. The van der Waals surface area contributed by atoms with Crippen molar-refractivity contribution in [2.75, 3.05) is 28.3 Å². The predicted molar refractivity (Wildman–Crippen MR) is 124 cm³/mol. The lowest BCUT2D eigenvalue weighted by molar-refractivity contribution is 0.354. The van der Waals surface area contributed by atoms with Crippen molar-refractivity contribution in [1.82, 2.24) is 9.62 Å². The molecule has 0 radical (unpaired) electrons. The molecule has 0 bridgehead atoms. The van der Waals surface area contributed by atoms with Crippen LogP contribution in [0.15, 0.2) is 52.4 Å². The molecular formula is C19H27IN4O4S. The zero-order chi connectivity index (χ0) is 20.7. The minimum Gasteiger partial charge on any atom is -0.493 e. The van der Waals surface area contributed by atoms with Crippen LogP contribution < -0.4 is 20.5 Å². The Kier molecular flexibility index (Phi) is 9.66. The first-order valence-corrected chi connectivity index (χ1v) is 9.98. The molecule has 8 nitrogen and oxygen atoms in total. The van der Waals surface area contributed by atoms with Crippen molar-refractivity contribution in [2.45, 2.75) is 18.0 Å². The summed E-state index contributed by atoms with van der Waals surface area (Å²) in [5.41, 5.74) is 7.45. The van der Waals surface area contributed by atoms with E-state index in [1.165, 1.54) is 18.4 Å². The summed E-state index contributed by atoms with van der Waals surface area (Å²) in [6.07, 6.45) is 0. The fourth-order valence-corrected chi connectivity index (χ4v) is 3.61. The topological polar surface area (TPSA) is 106 Å². The zero-order valence-corrected chi connectivity index (χ0v) is 20.0. The highest BCUT2D eigenvalue weighted by atomic mass is 127. The molecule has 29 heavy (non-hydrogen) atoms. The first kappa shape index (κ1) is 25.0. The van der Waals surface area contributed by atoms with E-state index in [4.69, 9.17) is 15.2 Å². The number of rotatable bonds is 8. The standard InChI is InChI=1S/C19H26N4O4S.HI/c1-23(2)28(24,25)18-8-6-5-7-15(18)13-22-19(20)21-12-14-9-10-16(26-3)17(11-14)27-4;/h5-11H,12-13H2,1-4H3,(H3,20,21,22);1H. The van der Waals surface area contributed by atoms with E-state index in [1.54, 1.807) is 44.6 Å². The van der Waals surface area contributed by atoms with E-state index in [0.717, 1.165) is 5.56 Å². The van der Waals surface area contributed by atoms with E-state index in [9.17, 15) is 8.42 Å². The maximum atomic E-state index is 12.4. The lowest BCUT2D eigenvalue weighted by Gasteiger charge is -2.15. The third-order valence-corrected chi connectivity index (χ3v) is 5.99. The molecule has 0 aliphatic rings. The summed E-state index contributed by atoms with van der Waals surface area (Å²) in [5.74, 6) is 1.47. The Hall–Kier alpha value is -2.05. The van der Waals surface area contributed by atoms with Gasteiger partial charge in [0.05, 0.1) is 25.7 Å². The summed E-state index contributed by atoms with van der Waals surface area (Å²) >= 11 is 0. The second-order valence-corrected chi connectivity index (χ2v) is 8.26. The molecule has 2 aromatic carbocycles. The minimum absolute atomic E-state index is 0. The number of methoxy groups -OCH3 is 2. The van der Waals surface area contributed by atoms with Crippen LogP contribution >= 0.6 is 24.0 Å². The van der Waals surface area contributed by atoms with Crippen LogP contribution in [0.2, 0.25) is 0 Å². The molecule has 0 aliphatic carbocycles. The Morgan fingerprint density at radius 1 is 1.10 bits per heavy atom. The number of ether oxygens (including phenoxy) is 2. The van der Waals surface area contributed by atoms with Gasteiger partial charge in [-0.3, -0.25) is 0 Å². The van der Waals surface area contributed by atoms with E-state index in [0.29, 0.717) is 23.6 Å². The van der Waals surface area contributed by atoms with Gasteiger partial charge < -0.3 is 20.5 Å². The lowest BCUT2D eigenvalue weighted by atomic mass is 10.2. The molecule has 0 unspecified atom stereocenters. The van der Waals surface area contributed by atoms with Crippen molar-refractivity contribution in [3.63, 3.8) is 0 Å². The Morgan fingerprint density at radius 3 is 2.38 bits per heavy atom. The highest BCUT2D eigenvalue weighted by Crippen LogP contribution is 2.27. The summed E-state index contributed by atoms with van der Waals surface area (Å²) < 4.78 is 36.5. The highest BCUT2D eigenvalue weighted by molar-refractivity contribution is 14.0. The average Bonchev–Trinajstić information content (AvgIpc) is 2.70. The number of halogens is 1. The van der Waals surface area contributed by atoms with Crippen LogP contribution in [0.3, 0.4) is 0 Å². The van der Waals surface area contributed by atoms with Crippen molar-refractivity contribution >= 4 is 40.0 Å². The van der Waals surface area contributed by atoms with Gasteiger partial charge in [0, 0.05) is 20.6 Å². The second-order valence-electron chi connectivity index (χ2n) is 6.14. The van der Waals surface area contributed by atoms with Gasteiger partial charge in [0.25, 0.3) is 0 Å². The number of benzene rings is 2. The van der Waals surface area contributed by atoms with Crippen LogP contribution in [0.1, 0.15) is 11.1 Å². The molecule has 0 saturated carbocycles. The predicted octanol–water partition coefficient (Wildman–Crippen LogP) is 2.18. The molecule has 0 aromatic heterocycles. The number of sulfonamides is 1. The third kappa shape index (κ3) is 6.47. The van der Waals surface area contributed by atoms with Gasteiger partial charge in [-0.25, -0.2) is 17.7 Å². The van der Waals surface area contributed by atoms with Gasteiger partial charge >= 0.3 is 0 Å². The molecule has 0 fully saturated rings. The molecule has 2 aromatic rings. The van der Waals surface area contributed by atoms with Crippen LogP contribution in [0.4, 0.5) is 0 Å².